The number of Topliss-reactive ketones (excluding diaryl/α,β-unsaturated/α-hetero) is 1. The van der Waals surface area contributed by atoms with Gasteiger partial charge in [-0.15, -0.1) is 0 Å². The lowest BCUT2D eigenvalue weighted by atomic mass is 10.2. The Morgan fingerprint density at radius 2 is 2.30 bits per heavy atom. The van der Waals surface area contributed by atoms with E-state index in [-0.39, 0.29) is 0 Å². The van der Waals surface area contributed by atoms with E-state index >= 15 is 0 Å². The first kappa shape index (κ1) is 7.73. The third-order valence-corrected chi connectivity index (χ3v) is 1.73. The summed E-state index contributed by atoms with van der Waals surface area (Å²) in [4.78, 5) is 13.0. The zero-order valence-electron chi connectivity index (χ0n) is 6.76. The number of ketones is 1. The van der Waals surface area contributed by atoms with Gasteiger partial charge < -0.3 is 0 Å². The minimum Gasteiger partial charge on any atom is -0.298 e. The predicted molar refractivity (Wildman–Crippen MR) is 40.9 cm³/mol. The van der Waals surface area contributed by atoms with Crippen LogP contribution in [-0.4, -0.2) is 30.3 Å². The first-order chi connectivity index (χ1) is 4.68. The topological polar surface area (TPSA) is 20.3 Å². The molecule has 1 aliphatic heterocycles. The van der Waals surface area contributed by atoms with Gasteiger partial charge in [0, 0.05) is 19.5 Å². The molecule has 2 nitrogen and oxygen atoms in total. The minimum absolute atomic E-state index is 0.403. The van der Waals surface area contributed by atoms with Crippen molar-refractivity contribution in [1.82, 2.24) is 4.90 Å². The molecule has 0 aromatic carbocycles. The van der Waals surface area contributed by atoms with E-state index in [4.69, 9.17) is 0 Å². The van der Waals surface area contributed by atoms with Crippen LogP contribution in [0.25, 0.3) is 0 Å². The van der Waals surface area contributed by atoms with Gasteiger partial charge >= 0.3 is 0 Å². The van der Waals surface area contributed by atoms with Crippen LogP contribution >= 0.6 is 0 Å². The molecule has 0 aliphatic carbocycles. The molecule has 0 saturated carbocycles. The van der Waals surface area contributed by atoms with Crippen molar-refractivity contribution in [3.05, 3.63) is 0 Å². The zero-order chi connectivity index (χ0) is 7.56. The van der Waals surface area contributed by atoms with E-state index in [2.05, 4.69) is 18.7 Å². The van der Waals surface area contributed by atoms with Crippen LogP contribution in [0.1, 0.15) is 20.3 Å². The van der Waals surface area contributed by atoms with Crippen LogP contribution in [0.2, 0.25) is 0 Å². The Bertz CT molecular complexity index is 131. The molecule has 1 heterocycles. The van der Waals surface area contributed by atoms with Crippen molar-refractivity contribution < 1.29 is 4.79 Å². The van der Waals surface area contributed by atoms with Crippen LogP contribution in [0.15, 0.2) is 0 Å². The maximum atomic E-state index is 10.8. The summed E-state index contributed by atoms with van der Waals surface area (Å²) in [5.74, 6) is 1.09. The zero-order valence-corrected chi connectivity index (χ0v) is 6.76. The lowest BCUT2D eigenvalue weighted by molar-refractivity contribution is -0.116. The number of carbonyl (C=O) groups excluding carboxylic acids is 1. The summed E-state index contributed by atoms with van der Waals surface area (Å²) >= 11 is 0. The van der Waals surface area contributed by atoms with Crippen LogP contribution < -0.4 is 0 Å². The van der Waals surface area contributed by atoms with Crippen molar-refractivity contribution in [2.24, 2.45) is 5.92 Å². The van der Waals surface area contributed by atoms with Crippen LogP contribution in [0.5, 0.6) is 0 Å². The molecule has 0 aromatic rings. The Balaban J connectivity index is 2.24. The van der Waals surface area contributed by atoms with Crippen LogP contribution in [0, 0.1) is 5.92 Å². The monoisotopic (exact) mass is 141 g/mol. The summed E-state index contributed by atoms with van der Waals surface area (Å²) < 4.78 is 0. The lowest BCUT2D eigenvalue weighted by Crippen LogP contribution is -2.25. The highest BCUT2D eigenvalue weighted by Crippen LogP contribution is 2.06. The Morgan fingerprint density at radius 1 is 1.60 bits per heavy atom. The van der Waals surface area contributed by atoms with Gasteiger partial charge in [-0.25, -0.2) is 0 Å². The molecule has 0 aromatic heterocycles. The lowest BCUT2D eigenvalue weighted by Gasteiger charge is -2.15. The van der Waals surface area contributed by atoms with Gasteiger partial charge in [0.05, 0.1) is 6.54 Å². The Morgan fingerprint density at radius 3 is 2.70 bits per heavy atom. The van der Waals surface area contributed by atoms with Crippen molar-refractivity contribution in [3.8, 4) is 0 Å². The summed E-state index contributed by atoms with van der Waals surface area (Å²) in [6, 6.07) is 0. The van der Waals surface area contributed by atoms with Gasteiger partial charge in [0.15, 0.2) is 0 Å². The Hall–Kier alpha value is -0.370. The van der Waals surface area contributed by atoms with E-state index in [0.717, 1.165) is 19.5 Å². The van der Waals surface area contributed by atoms with Crippen LogP contribution in [0.4, 0.5) is 0 Å². The van der Waals surface area contributed by atoms with Gasteiger partial charge in [-0.05, 0) is 5.92 Å². The molecular weight excluding hydrogens is 126 g/mol. The van der Waals surface area contributed by atoms with Crippen molar-refractivity contribution in [2.75, 3.05) is 19.6 Å². The van der Waals surface area contributed by atoms with E-state index in [1.807, 2.05) is 0 Å². The SMILES string of the molecule is CC(C)CN1CCC(=O)C1. The Kier molecular flexibility index (Phi) is 2.44. The molecule has 1 fully saturated rings. The average Bonchev–Trinajstić information content (AvgIpc) is 2.13. The number of likely N-dealkylation sites (tertiary alicyclic amines) is 1. The van der Waals surface area contributed by atoms with E-state index < -0.39 is 0 Å². The fourth-order valence-electron chi connectivity index (χ4n) is 1.36. The molecule has 1 rings (SSSR count). The minimum atomic E-state index is 0.403. The first-order valence-electron chi connectivity index (χ1n) is 3.92. The highest BCUT2D eigenvalue weighted by molar-refractivity contribution is 5.82. The third kappa shape index (κ3) is 2.10. The van der Waals surface area contributed by atoms with Crippen LogP contribution in [0.3, 0.4) is 0 Å². The number of carbonyl (C=O) groups is 1. The normalized spacial score (nSPS) is 20.9. The van der Waals surface area contributed by atoms with Gasteiger partial charge in [-0.2, -0.15) is 0 Å². The maximum Gasteiger partial charge on any atom is 0.148 e. The van der Waals surface area contributed by atoms with Crippen molar-refractivity contribution in [1.29, 1.82) is 0 Å². The second-order valence-corrected chi connectivity index (χ2v) is 3.42. The highest BCUT2D eigenvalue weighted by Gasteiger charge is 2.18. The van der Waals surface area contributed by atoms with E-state index in [9.17, 15) is 4.79 Å². The summed E-state index contributed by atoms with van der Waals surface area (Å²) in [5, 5.41) is 0. The van der Waals surface area contributed by atoms with E-state index in [1.54, 1.807) is 0 Å². The second-order valence-electron chi connectivity index (χ2n) is 3.42. The fraction of sp³-hybridized carbons (Fsp3) is 0.875. The standard InChI is InChI=1S/C8H15NO/c1-7(2)5-9-4-3-8(10)6-9/h7H,3-6H2,1-2H3. The van der Waals surface area contributed by atoms with E-state index in [1.165, 1.54) is 0 Å². The summed E-state index contributed by atoms with van der Waals surface area (Å²) in [7, 11) is 0. The molecule has 0 radical (unpaired) electrons. The molecule has 0 N–H and O–H groups in total. The van der Waals surface area contributed by atoms with Gasteiger partial charge in [0.25, 0.3) is 0 Å². The van der Waals surface area contributed by atoms with Gasteiger partial charge in [-0.1, -0.05) is 13.8 Å². The molecule has 0 bridgehead atoms. The van der Waals surface area contributed by atoms with E-state index in [0.29, 0.717) is 18.2 Å². The van der Waals surface area contributed by atoms with Gasteiger partial charge in [0.2, 0.25) is 0 Å². The quantitative estimate of drug-likeness (QED) is 0.570. The maximum absolute atomic E-state index is 10.8. The predicted octanol–water partition coefficient (Wildman–Crippen LogP) is 0.917. The summed E-state index contributed by atoms with van der Waals surface area (Å²) in [6.45, 7) is 7.12. The van der Waals surface area contributed by atoms with Crippen LogP contribution in [-0.2, 0) is 4.79 Å². The van der Waals surface area contributed by atoms with Gasteiger partial charge in [0.1, 0.15) is 5.78 Å². The molecule has 0 amide bonds. The molecular formula is C8H15NO. The number of nitrogens with zero attached hydrogens (tertiary/aromatic N) is 1. The Labute approximate surface area is 62.2 Å². The average molecular weight is 141 g/mol. The molecule has 0 unspecified atom stereocenters. The highest BCUT2D eigenvalue weighted by atomic mass is 16.1. The molecule has 2 heteroatoms. The molecule has 10 heavy (non-hydrogen) atoms. The van der Waals surface area contributed by atoms with Crippen molar-refractivity contribution in [2.45, 2.75) is 20.3 Å². The molecule has 1 aliphatic rings. The molecule has 0 atom stereocenters. The number of rotatable bonds is 2. The summed E-state index contributed by atoms with van der Waals surface area (Å²) in [6.07, 6.45) is 0.771. The smallest absolute Gasteiger partial charge is 0.148 e. The molecule has 0 spiro atoms. The number of hydrogen-bond acceptors (Lipinski definition) is 2. The second kappa shape index (κ2) is 3.15. The van der Waals surface area contributed by atoms with Crippen molar-refractivity contribution in [3.63, 3.8) is 0 Å². The fourth-order valence-corrected chi connectivity index (χ4v) is 1.36. The summed E-state index contributed by atoms with van der Waals surface area (Å²) in [5.41, 5.74) is 0. The first-order valence-corrected chi connectivity index (χ1v) is 3.92. The number of hydrogen-bond donors (Lipinski definition) is 0. The third-order valence-electron chi connectivity index (χ3n) is 1.73. The largest absolute Gasteiger partial charge is 0.298 e. The molecule has 58 valence electrons. The van der Waals surface area contributed by atoms with Gasteiger partial charge in [-0.3, -0.25) is 9.69 Å². The molecule has 1 saturated heterocycles. The van der Waals surface area contributed by atoms with Crippen molar-refractivity contribution >= 4 is 5.78 Å².